The Balaban J connectivity index is -0.000000000952. The van der Waals surface area contributed by atoms with E-state index in [1.165, 1.54) is 0 Å². The molecule has 0 atom stereocenters. The summed E-state index contributed by atoms with van der Waals surface area (Å²) in [6, 6.07) is 0. The van der Waals surface area contributed by atoms with E-state index in [1.807, 2.05) is 0 Å². The second kappa shape index (κ2) is 217. The van der Waals surface area contributed by atoms with Gasteiger partial charge in [0.2, 0.25) is 0 Å². The predicted molar refractivity (Wildman–Crippen MR) is 41.7 cm³/mol. The monoisotopic (exact) mass is 246 g/mol. The first-order valence-electron chi connectivity index (χ1n) is 1.02. The van der Waals surface area contributed by atoms with Crippen molar-refractivity contribution in [3.05, 3.63) is 0 Å². The maximum absolute atomic E-state index is 7.57. The quantitative estimate of drug-likeness (QED) is 0.464. The van der Waals surface area contributed by atoms with E-state index in [0.717, 1.165) is 0 Å². The SMILES string of the molecule is CCO.Cl.Cl.O.O.O.O.[Fe]. The Morgan fingerprint density at radius 1 is 0.900 bits per heavy atom. The third-order valence-corrected chi connectivity index (χ3v) is 0. The predicted octanol–water partition coefficient (Wildman–Crippen LogP) is -2.46. The smallest absolute Gasteiger partial charge is 0.0402 e. The van der Waals surface area contributed by atoms with E-state index >= 15 is 0 Å². The fourth-order valence-corrected chi connectivity index (χ4v) is 0. The third-order valence-electron chi connectivity index (χ3n) is 0. The van der Waals surface area contributed by atoms with E-state index in [2.05, 4.69) is 0 Å². The standard InChI is InChI=1S/C2H6O.2ClH.Fe.4H2O/c1-2-3;;;;;;;/h3H,2H2,1H3;2*1H;;4*1H2. The van der Waals surface area contributed by atoms with Crippen LogP contribution >= 0.6 is 24.8 Å². The average Bonchev–Trinajstić information content (AvgIpc) is 0.918. The first-order valence-corrected chi connectivity index (χ1v) is 1.02. The molecule has 0 amide bonds. The summed E-state index contributed by atoms with van der Waals surface area (Å²) in [7, 11) is 0. The van der Waals surface area contributed by atoms with Crippen molar-refractivity contribution >= 4 is 24.8 Å². The van der Waals surface area contributed by atoms with Gasteiger partial charge in [-0.15, -0.1) is 24.8 Å². The van der Waals surface area contributed by atoms with Gasteiger partial charge < -0.3 is 27.0 Å². The number of hydrogen-bond acceptors (Lipinski definition) is 1. The normalized spacial score (nSPS) is 1.80. The minimum Gasteiger partial charge on any atom is -0.412 e. The molecule has 0 fully saturated rings. The van der Waals surface area contributed by atoms with Crippen molar-refractivity contribution in [2.24, 2.45) is 0 Å². The molecular formula is C2H16Cl2FeO5. The largest absolute Gasteiger partial charge is 0.412 e. The molecule has 0 aliphatic carbocycles. The first kappa shape index (κ1) is 127. The van der Waals surface area contributed by atoms with Crippen LogP contribution in [0.25, 0.3) is 0 Å². The molecule has 0 aliphatic heterocycles. The molecular weight excluding hydrogens is 231 g/mol. The zero-order chi connectivity index (χ0) is 2.71. The number of hydrogen-bond donors (Lipinski definition) is 1. The molecule has 10 heavy (non-hydrogen) atoms. The molecule has 0 spiro atoms. The zero-order valence-electron chi connectivity index (χ0n) is 5.32. The van der Waals surface area contributed by atoms with Crippen LogP contribution in [0.4, 0.5) is 0 Å². The van der Waals surface area contributed by atoms with Gasteiger partial charge in [0.1, 0.15) is 0 Å². The average molecular weight is 247 g/mol. The van der Waals surface area contributed by atoms with Crippen molar-refractivity contribution in [3.63, 3.8) is 0 Å². The Hall–Kier alpha value is 0.899. The van der Waals surface area contributed by atoms with Gasteiger partial charge in [-0.3, -0.25) is 0 Å². The molecule has 0 aliphatic rings. The van der Waals surface area contributed by atoms with Gasteiger partial charge in [0, 0.05) is 23.7 Å². The fraction of sp³-hybridized carbons (Fsp3) is 1.00. The summed E-state index contributed by atoms with van der Waals surface area (Å²) >= 11 is 0. The van der Waals surface area contributed by atoms with Crippen LogP contribution in [0.5, 0.6) is 0 Å². The van der Waals surface area contributed by atoms with Crippen molar-refractivity contribution in [3.8, 4) is 0 Å². The van der Waals surface area contributed by atoms with E-state index in [0.29, 0.717) is 0 Å². The van der Waals surface area contributed by atoms with Crippen molar-refractivity contribution in [2.45, 2.75) is 6.92 Å². The summed E-state index contributed by atoms with van der Waals surface area (Å²) in [5.41, 5.74) is 0. The van der Waals surface area contributed by atoms with Gasteiger partial charge in [-0.25, -0.2) is 0 Å². The van der Waals surface area contributed by atoms with Crippen LogP contribution < -0.4 is 0 Å². The van der Waals surface area contributed by atoms with Crippen LogP contribution in [-0.2, 0) is 17.1 Å². The molecule has 0 saturated heterocycles. The Kier molecular flexibility index (Phi) is 2760. The minimum absolute atomic E-state index is 0. The van der Waals surface area contributed by atoms with Gasteiger partial charge in [-0.1, -0.05) is 0 Å². The Morgan fingerprint density at radius 2 is 0.900 bits per heavy atom. The van der Waals surface area contributed by atoms with Crippen molar-refractivity contribution in [1.82, 2.24) is 0 Å². The summed E-state index contributed by atoms with van der Waals surface area (Å²) in [4.78, 5) is 0. The maximum Gasteiger partial charge on any atom is 0.0402 e. The van der Waals surface area contributed by atoms with E-state index in [-0.39, 0.29) is 70.4 Å². The Bertz CT molecular complexity index is 17.6. The fourth-order valence-electron chi connectivity index (χ4n) is 0. The maximum atomic E-state index is 7.57. The van der Waals surface area contributed by atoms with Gasteiger partial charge in [-0.2, -0.15) is 0 Å². The number of aliphatic hydroxyl groups is 1. The topological polar surface area (TPSA) is 146 Å². The summed E-state index contributed by atoms with van der Waals surface area (Å²) in [6.45, 7) is 1.93. The molecule has 0 radical (unpaired) electrons. The van der Waals surface area contributed by atoms with Gasteiger partial charge in [-0.05, 0) is 6.92 Å². The molecule has 0 rings (SSSR count). The van der Waals surface area contributed by atoms with Crippen LogP contribution in [0, 0.1) is 0 Å². The Labute approximate surface area is 82.7 Å². The molecule has 0 heterocycles. The number of aliphatic hydroxyl groups excluding tert-OH is 1. The molecule has 9 N–H and O–H groups in total. The van der Waals surface area contributed by atoms with Crippen molar-refractivity contribution in [2.75, 3.05) is 6.61 Å². The molecule has 0 bridgehead atoms. The summed E-state index contributed by atoms with van der Waals surface area (Å²) in [5.74, 6) is 0. The Morgan fingerprint density at radius 3 is 0.900 bits per heavy atom. The minimum atomic E-state index is 0. The van der Waals surface area contributed by atoms with Gasteiger partial charge in [0.05, 0.1) is 0 Å². The molecule has 8 heteroatoms. The first-order chi connectivity index (χ1) is 1.41. The van der Waals surface area contributed by atoms with Crippen LogP contribution in [-0.4, -0.2) is 33.6 Å². The van der Waals surface area contributed by atoms with Crippen LogP contribution in [0.15, 0.2) is 0 Å². The molecule has 0 aromatic carbocycles. The molecule has 0 unspecified atom stereocenters. The van der Waals surface area contributed by atoms with E-state index < -0.39 is 0 Å². The zero-order valence-corrected chi connectivity index (χ0v) is 8.06. The van der Waals surface area contributed by atoms with Crippen LogP contribution in [0.3, 0.4) is 0 Å². The van der Waals surface area contributed by atoms with Gasteiger partial charge in [0.25, 0.3) is 0 Å². The summed E-state index contributed by atoms with van der Waals surface area (Å²) < 4.78 is 0. The molecule has 0 saturated carbocycles. The van der Waals surface area contributed by atoms with E-state index in [9.17, 15) is 0 Å². The number of halogens is 2. The van der Waals surface area contributed by atoms with Gasteiger partial charge in [0.15, 0.2) is 0 Å². The number of rotatable bonds is 0. The summed E-state index contributed by atoms with van der Waals surface area (Å²) in [5, 5.41) is 7.57. The second-order valence-corrected chi connectivity index (χ2v) is 0.316. The van der Waals surface area contributed by atoms with E-state index in [1.54, 1.807) is 6.92 Å². The van der Waals surface area contributed by atoms with Gasteiger partial charge >= 0.3 is 0 Å². The molecule has 76 valence electrons. The van der Waals surface area contributed by atoms with Crippen LogP contribution in [0.1, 0.15) is 6.92 Å². The van der Waals surface area contributed by atoms with Crippen molar-refractivity contribution in [1.29, 1.82) is 0 Å². The third kappa shape index (κ3) is 686. The summed E-state index contributed by atoms with van der Waals surface area (Å²) in [6.07, 6.45) is 0. The van der Waals surface area contributed by atoms with Crippen LogP contribution in [0.2, 0.25) is 0 Å². The molecule has 0 aromatic rings. The molecule has 5 nitrogen and oxygen atoms in total. The van der Waals surface area contributed by atoms with Crippen molar-refractivity contribution < 1.29 is 44.1 Å². The van der Waals surface area contributed by atoms with E-state index in [4.69, 9.17) is 5.11 Å². The second-order valence-electron chi connectivity index (χ2n) is 0.316. The molecule has 0 aromatic heterocycles.